The van der Waals surface area contributed by atoms with Crippen LogP contribution in [-0.2, 0) is 0 Å². The molecule has 0 saturated carbocycles. The standard InChI is InChI=1S/C15H14ClIO/c1-9-8-14(16)10(2)7-13(9)15(18)11-3-5-12(17)6-4-11/h3-8,15,18H,1-2H3. The van der Waals surface area contributed by atoms with E-state index in [0.717, 1.165) is 30.8 Å². The van der Waals surface area contributed by atoms with Gasteiger partial charge in [0.15, 0.2) is 0 Å². The third-order valence-corrected chi connectivity index (χ3v) is 4.15. The van der Waals surface area contributed by atoms with Crippen molar-refractivity contribution < 1.29 is 5.11 Å². The van der Waals surface area contributed by atoms with Crippen molar-refractivity contribution in [2.75, 3.05) is 0 Å². The summed E-state index contributed by atoms with van der Waals surface area (Å²) in [6, 6.07) is 11.8. The van der Waals surface area contributed by atoms with Gasteiger partial charge in [-0.15, -0.1) is 0 Å². The van der Waals surface area contributed by atoms with E-state index in [1.165, 1.54) is 0 Å². The van der Waals surface area contributed by atoms with Gasteiger partial charge in [-0.3, -0.25) is 0 Å². The molecular formula is C15H14ClIO. The van der Waals surface area contributed by atoms with Crippen molar-refractivity contribution in [2.24, 2.45) is 0 Å². The normalized spacial score (nSPS) is 12.5. The number of aliphatic hydroxyl groups is 1. The molecule has 2 rings (SSSR count). The molecule has 0 radical (unpaired) electrons. The van der Waals surface area contributed by atoms with Crippen LogP contribution in [-0.4, -0.2) is 5.11 Å². The lowest BCUT2D eigenvalue weighted by Gasteiger charge is -2.16. The van der Waals surface area contributed by atoms with Gasteiger partial charge in [-0.1, -0.05) is 29.8 Å². The molecule has 0 aliphatic rings. The molecule has 2 aromatic rings. The Labute approximate surface area is 126 Å². The second-order valence-corrected chi connectivity index (χ2v) is 6.06. The second-order valence-electron chi connectivity index (χ2n) is 4.41. The van der Waals surface area contributed by atoms with Crippen LogP contribution in [0, 0.1) is 17.4 Å². The minimum Gasteiger partial charge on any atom is -0.384 e. The molecule has 0 heterocycles. The maximum atomic E-state index is 10.4. The Morgan fingerprint density at radius 3 is 2.28 bits per heavy atom. The summed E-state index contributed by atoms with van der Waals surface area (Å²) >= 11 is 8.33. The quantitative estimate of drug-likeness (QED) is 0.761. The lowest BCUT2D eigenvalue weighted by molar-refractivity contribution is 0.219. The summed E-state index contributed by atoms with van der Waals surface area (Å²) in [5.74, 6) is 0. The average Bonchev–Trinajstić information content (AvgIpc) is 2.34. The van der Waals surface area contributed by atoms with Crippen molar-refractivity contribution in [3.63, 3.8) is 0 Å². The van der Waals surface area contributed by atoms with Crippen molar-refractivity contribution >= 4 is 34.2 Å². The van der Waals surface area contributed by atoms with E-state index >= 15 is 0 Å². The van der Waals surface area contributed by atoms with E-state index in [0.29, 0.717) is 0 Å². The number of rotatable bonds is 2. The average molecular weight is 373 g/mol. The molecule has 2 aromatic carbocycles. The topological polar surface area (TPSA) is 20.2 Å². The first-order valence-corrected chi connectivity index (χ1v) is 7.15. The molecular weight excluding hydrogens is 359 g/mol. The second kappa shape index (κ2) is 5.59. The molecule has 94 valence electrons. The van der Waals surface area contributed by atoms with E-state index in [-0.39, 0.29) is 0 Å². The Morgan fingerprint density at radius 1 is 1.06 bits per heavy atom. The summed E-state index contributed by atoms with van der Waals surface area (Å²) in [7, 11) is 0. The highest BCUT2D eigenvalue weighted by Gasteiger charge is 2.14. The van der Waals surface area contributed by atoms with Gasteiger partial charge in [0.2, 0.25) is 0 Å². The number of benzene rings is 2. The molecule has 1 N–H and O–H groups in total. The van der Waals surface area contributed by atoms with Crippen LogP contribution in [0.15, 0.2) is 36.4 Å². The molecule has 0 aromatic heterocycles. The third kappa shape index (κ3) is 2.87. The summed E-state index contributed by atoms with van der Waals surface area (Å²) in [6.07, 6.45) is -0.599. The first-order valence-electron chi connectivity index (χ1n) is 5.69. The Kier molecular flexibility index (Phi) is 4.30. The third-order valence-electron chi connectivity index (χ3n) is 3.03. The minimum atomic E-state index is -0.599. The zero-order valence-electron chi connectivity index (χ0n) is 10.2. The summed E-state index contributed by atoms with van der Waals surface area (Å²) in [5, 5.41) is 11.2. The molecule has 1 unspecified atom stereocenters. The number of halogens is 2. The van der Waals surface area contributed by atoms with Crippen molar-refractivity contribution in [3.8, 4) is 0 Å². The molecule has 0 aliphatic carbocycles. The lowest BCUT2D eigenvalue weighted by Crippen LogP contribution is -2.02. The molecule has 0 fully saturated rings. The first-order chi connectivity index (χ1) is 8.49. The van der Waals surface area contributed by atoms with Gasteiger partial charge >= 0.3 is 0 Å². The predicted octanol–water partition coefficient (Wildman–Crippen LogP) is 4.64. The summed E-state index contributed by atoms with van der Waals surface area (Å²) < 4.78 is 1.16. The Morgan fingerprint density at radius 2 is 1.67 bits per heavy atom. The predicted molar refractivity (Wildman–Crippen MR) is 84.1 cm³/mol. The van der Waals surface area contributed by atoms with Gasteiger partial charge in [-0.05, 0) is 76.9 Å². The fraction of sp³-hybridized carbons (Fsp3) is 0.200. The monoisotopic (exact) mass is 372 g/mol. The van der Waals surface area contributed by atoms with Crippen LogP contribution in [0.2, 0.25) is 5.02 Å². The van der Waals surface area contributed by atoms with Crippen LogP contribution < -0.4 is 0 Å². The molecule has 18 heavy (non-hydrogen) atoms. The van der Waals surface area contributed by atoms with Crippen molar-refractivity contribution in [1.29, 1.82) is 0 Å². The summed E-state index contributed by atoms with van der Waals surface area (Å²) in [6.45, 7) is 3.92. The van der Waals surface area contributed by atoms with Gasteiger partial charge in [0.05, 0.1) is 0 Å². The van der Waals surface area contributed by atoms with Gasteiger partial charge in [-0.2, -0.15) is 0 Å². The minimum absolute atomic E-state index is 0.599. The fourth-order valence-electron chi connectivity index (χ4n) is 1.92. The van der Waals surface area contributed by atoms with Crippen LogP contribution in [0.3, 0.4) is 0 Å². The van der Waals surface area contributed by atoms with Gasteiger partial charge in [0.1, 0.15) is 6.10 Å². The van der Waals surface area contributed by atoms with E-state index in [1.807, 2.05) is 50.2 Å². The first kappa shape index (κ1) is 13.8. The molecule has 0 amide bonds. The van der Waals surface area contributed by atoms with E-state index in [2.05, 4.69) is 22.6 Å². The number of aliphatic hydroxyl groups excluding tert-OH is 1. The summed E-state index contributed by atoms with van der Waals surface area (Å²) in [5.41, 5.74) is 3.82. The maximum Gasteiger partial charge on any atom is 0.104 e. The van der Waals surface area contributed by atoms with Crippen LogP contribution in [0.25, 0.3) is 0 Å². The largest absolute Gasteiger partial charge is 0.384 e. The number of hydrogen-bond acceptors (Lipinski definition) is 1. The van der Waals surface area contributed by atoms with E-state index in [9.17, 15) is 5.11 Å². The molecule has 3 heteroatoms. The zero-order valence-corrected chi connectivity index (χ0v) is 13.2. The van der Waals surface area contributed by atoms with Gasteiger partial charge < -0.3 is 5.11 Å². The smallest absolute Gasteiger partial charge is 0.104 e. The fourth-order valence-corrected chi connectivity index (χ4v) is 2.50. The van der Waals surface area contributed by atoms with Crippen molar-refractivity contribution in [1.82, 2.24) is 0 Å². The van der Waals surface area contributed by atoms with Crippen LogP contribution >= 0.6 is 34.2 Å². The van der Waals surface area contributed by atoms with Gasteiger partial charge in [0.25, 0.3) is 0 Å². The molecule has 0 aliphatic heterocycles. The van der Waals surface area contributed by atoms with Crippen LogP contribution in [0.1, 0.15) is 28.4 Å². The highest BCUT2D eigenvalue weighted by atomic mass is 127. The molecule has 1 atom stereocenters. The van der Waals surface area contributed by atoms with Gasteiger partial charge in [-0.25, -0.2) is 0 Å². The SMILES string of the molecule is Cc1cc(C(O)c2ccc(I)cc2)c(C)cc1Cl. The highest BCUT2D eigenvalue weighted by molar-refractivity contribution is 14.1. The number of hydrogen-bond donors (Lipinski definition) is 1. The van der Waals surface area contributed by atoms with Crippen LogP contribution in [0.4, 0.5) is 0 Å². The molecule has 0 spiro atoms. The highest BCUT2D eigenvalue weighted by Crippen LogP contribution is 2.29. The molecule has 1 nitrogen and oxygen atoms in total. The van der Waals surface area contributed by atoms with Crippen molar-refractivity contribution in [3.05, 3.63) is 67.2 Å². The number of aryl methyl sites for hydroxylation is 2. The summed E-state index contributed by atoms with van der Waals surface area (Å²) in [4.78, 5) is 0. The Bertz CT molecular complexity index is 563. The van der Waals surface area contributed by atoms with Crippen molar-refractivity contribution in [2.45, 2.75) is 20.0 Å². The Balaban J connectivity index is 2.42. The molecule has 0 saturated heterocycles. The van der Waals surface area contributed by atoms with E-state index in [4.69, 9.17) is 11.6 Å². The Hall–Kier alpha value is -0.580. The zero-order chi connectivity index (χ0) is 13.3. The van der Waals surface area contributed by atoms with Gasteiger partial charge in [0, 0.05) is 8.59 Å². The van der Waals surface area contributed by atoms with E-state index in [1.54, 1.807) is 0 Å². The maximum absolute atomic E-state index is 10.4. The van der Waals surface area contributed by atoms with E-state index < -0.39 is 6.10 Å². The van der Waals surface area contributed by atoms with Crippen LogP contribution in [0.5, 0.6) is 0 Å². The molecule has 0 bridgehead atoms. The lowest BCUT2D eigenvalue weighted by atomic mass is 9.96.